The highest BCUT2D eigenvalue weighted by atomic mass is 35.5. The highest BCUT2D eigenvalue weighted by molar-refractivity contribution is 6.32. The van der Waals surface area contributed by atoms with Crippen molar-refractivity contribution in [2.75, 3.05) is 0 Å². The fourth-order valence-electron chi connectivity index (χ4n) is 2.96. The van der Waals surface area contributed by atoms with E-state index >= 15 is 0 Å². The van der Waals surface area contributed by atoms with Gasteiger partial charge in [0.2, 0.25) is 0 Å². The first-order valence-corrected chi connectivity index (χ1v) is 9.71. The fraction of sp³-hybridized carbons (Fsp3) is 0.200. The van der Waals surface area contributed by atoms with Gasteiger partial charge in [0.25, 0.3) is 0 Å². The van der Waals surface area contributed by atoms with Crippen LogP contribution in [0.15, 0.2) is 66.7 Å². The molecule has 0 saturated heterocycles. The Morgan fingerprint density at radius 1 is 0.852 bits per heavy atom. The molecule has 0 aliphatic heterocycles. The van der Waals surface area contributed by atoms with Gasteiger partial charge in [-0.1, -0.05) is 91.7 Å². The Morgan fingerprint density at radius 3 is 2.30 bits per heavy atom. The quantitative estimate of drug-likeness (QED) is 0.324. The lowest BCUT2D eigenvalue weighted by atomic mass is 10.0. The molecular formula is C25H22ClF. The lowest BCUT2D eigenvalue weighted by molar-refractivity contribution is 0.631. The predicted octanol–water partition coefficient (Wildman–Crippen LogP) is 7.28. The summed E-state index contributed by atoms with van der Waals surface area (Å²) < 4.78 is 14.7. The van der Waals surface area contributed by atoms with Crippen LogP contribution in [0, 0.1) is 17.7 Å². The molecule has 0 nitrogen and oxygen atoms in total. The number of unbranched alkanes of at least 4 members (excludes halogenated alkanes) is 2. The summed E-state index contributed by atoms with van der Waals surface area (Å²) in [5, 5.41) is 0.0695. The summed E-state index contributed by atoms with van der Waals surface area (Å²) in [6.45, 7) is 2.21. The molecule has 3 aromatic carbocycles. The van der Waals surface area contributed by atoms with Gasteiger partial charge in [-0.2, -0.15) is 0 Å². The molecule has 0 saturated carbocycles. The zero-order valence-electron chi connectivity index (χ0n) is 15.4. The molecule has 2 heteroatoms. The second kappa shape index (κ2) is 9.40. The summed E-state index contributed by atoms with van der Waals surface area (Å²) in [7, 11) is 0. The average molecular weight is 377 g/mol. The van der Waals surface area contributed by atoms with E-state index < -0.39 is 5.82 Å². The number of halogens is 2. The van der Waals surface area contributed by atoms with E-state index in [0.29, 0.717) is 11.1 Å². The second-order valence-electron chi connectivity index (χ2n) is 6.56. The third kappa shape index (κ3) is 5.00. The minimum Gasteiger partial charge on any atom is -0.205 e. The Kier molecular flexibility index (Phi) is 6.69. The van der Waals surface area contributed by atoms with Gasteiger partial charge in [-0.3, -0.25) is 0 Å². The summed E-state index contributed by atoms with van der Waals surface area (Å²) in [6, 6.07) is 21.1. The Bertz CT molecular complexity index is 947. The molecule has 0 fully saturated rings. The van der Waals surface area contributed by atoms with Crippen LogP contribution in [-0.4, -0.2) is 0 Å². The van der Waals surface area contributed by atoms with Crippen molar-refractivity contribution in [2.45, 2.75) is 32.6 Å². The van der Waals surface area contributed by atoms with Crippen LogP contribution in [-0.2, 0) is 6.42 Å². The zero-order valence-corrected chi connectivity index (χ0v) is 16.2. The monoisotopic (exact) mass is 376 g/mol. The van der Waals surface area contributed by atoms with E-state index in [1.807, 2.05) is 42.5 Å². The first-order chi connectivity index (χ1) is 13.2. The lowest BCUT2D eigenvalue weighted by Gasteiger charge is -2.06. The summed E-state index contributed by atoms with van der Waals surface area (Å²) in [5.74, 6) is 5.65. The van der Waals surface area contributed by atoms with E-state index in [1.54, 1.807) is 12.1 Å². The van der Waals surface area contributed by atoms with Crippen molar-refractivity contribution in [3.63, 3.8) is 0 Å². The maximum Gasteiger partial charge on any atom is 0.150 e. The summed E-state index contributed by atoms with van der Waals surface area (Å²) >= 11 is 6.23. The summed E-state index contributed by atoms with van der Waals surface area (Å²) in [6.07, 6.45) is 4.79. The molecule has 27 heavy (non-hydrogen) atoms. The van der Waals surface area contributed by atoms with Crippen LogP contribution in [0.1, 0.15) is 42.9 Å². The van der Waals surface area contributed by atoms with Crippen molar-refractivity contribution in [1.29, 1.82) is 0 Å². The molecule has 0 bridgehead atoms. The minimum atomic E-state index is -0.430. The van der Waals surface area contributed by atoms with Crippen LogP contribution in [0.5, 0.6) is 0 Å². The highest BCUT2D eigenvalue weighted by Crippen LogP contribution is 2.30. The molecule has 3 rings (SSSR count). The Labute approximate surface area is 166 Å². The molecule has 0 atom stereocenters. The van der Waals surface area contributed by atoms with E-state index in [-0.39, 0.29) is 5.02 Å². The smallest absolute Gasteiger partial charge is 0.150 e. The van der Waals surface area contributed by atoms with E-state index in [0.717, 1.165) is 17.5 Å². The van der Waals surface area contributed by atoms with Crippen molar-refractivity contribution >= 4 is 11.6 Å². The first kappa shape index (κ1) is 19.2. The third-order valence-corrected chi connectivity index (χ3v) is 4.90. The highest BCUT2D eigenvalue weighted by Gasteiger charge is 2.11. The molecule has 0 aliphatic carbocycles. The van der Waals surface area contributed by atoms with Gasteiger partial charge in [0.15, 0.2) is 5.82 Å². The first-order valence-electron chi connectivity index (χ1n) is 9.33. The fourth-order valence-corrected chi connectivity index (χ4v) is 3.17. The van der Waals surface area contributed by atoms with Crippen molar-refractivity contribution in [3.8, 4) is 23.0 Å². The molecule has 136 valence electrons. The molecule has 0 spiro atoms. The SMILES string of the molecule is CCCCCc1ccc(C#Cc2ccc(-c3ccccc3)c(F)c2Cl)cc1. The molecule has 0 N–H and O–H groups in total. The van der Waals surface area contributed by atoms with E-state index in [4.69, 9.17) is 11.6 Å². The van der Waals surface area contributed by atoms with Crippen molar-refractivity contribution in [3.05, 3.63) is 94.3 Å². The van der Waals surface area contributed by atoms with Gasteiger partial charge in [0, 0.05) is 16.7 Å². The Balaban J connectivity index is 1.78. The number of aryl methyl sites for hydroxylation is 1. The Hall–Kier alpha value is -2.56. The number of hydrogen-bond acceptors (Lipinski definition) is 0. The van der Waals surface area contributed by atoms with Crippen molar-refractivity contribution in [1.82, 2.24) is 0 Å². The van der Waals surface area contributed by atoms with Crippen LogP contribution in [0.4, 0.5) is 4.39 Å². The van der Waals surface area contributed by atoms with Gasteiger partial charge in [-0.15, -0.1) is 0 Å². The molecular weight excluding hydrogens is 355 g/mol. The number of benzene rings is 3. The normalized spacial score (nSPS) is 10.3. The van der Waals surface area contributed by atoms with Gasteiger partial charge in [-0.25, -0.2) is 4.39 Å². The van der Waals surface area contributed by atoms with Gasteiger partial charge in [0.05, 0.1) is 5.02 Å². The van der Waals surface area contributed by atoms with Crippen molar-refractivity contribution in [2.24, 2.45) is 0 Å². The number of hydrogen-bond donors (Lipinski definition) is 0. The van der Waals surface area contributed by atoms with Crippen LogP contribution < -0.4 is 0 Å². The summed E-state index contributed by atoms with van der Waals surface area (Å²) in [4.78, 5) is 0. The maximum absolute atomic E-state index is 14.7. The summed E-state index contributed by atoms with van der Waals surface area (Å²) in [5.41, 5.74) is 4.02. The predicted molar refractivity (Wildman–Crippen MR) is 112 cm³/mol. The van der Waals surface area contributed by atoms with Gasteiger partial charge >= 0.3 is 0 Å². The minimum absolute atomic E-state index is 0.0695. The molecule has 0 heterocycles. The molecule has 0 unspecified atom stereocenters. The van der Waals surface area contributed by atoms with Crippen molar-refractivity contribution < 1.29 is 4.39 Å². The molecule has 0 aromatic heterocycles. The van der Waals surface area contributed by atoms with E-state index in [9.17, 15) is 4.39 Å². The maximum atomic E-state index is 14.7. The molecule has 3 aromatic rings. The van der Waals surface area contributed by atoms with Gasteiger partial charge in [0.1, 0.15) is 0 Å². The van der Waals surface area contributed by atoms with E-state index in [2.05, 4.69) is 30.9 Å². The topological polar surface area (TPSA) is 0 Å². The van der Waals surface area contributed by atoms with Crippen LogP contribution in [0.2, 0.25) is 5.02 Å². The van der Waals surface area contributed by atoms with E-state index in [1.165, 1.54) is 24.8 Å². The standard InChI is InChI=1S/C25H22ClF/c1-2-3-5-8-19-11-13-20(14-12-19)15-16-22-17-18-23(25(27)24(22)26)21-9-6-4-7-10-21/h4,6-7,9-14,17-18H,2-3,5,8H2,1H3. The van der Waals surface area contributed by atoms with Gasteiger partial charge < -0.3 is 0 Å². The molecule has 0 amide bonds. The average Bonchev–Trinajstić information content (AvgIpc) is 2.71. The molecule has 0 aliphatic rings. The number of rotatable bonds is 5. The third-order valence-electron chi connectivity index (χ3n) is 4.53. The van der Waals surface area contributed by atoms with Crippen LogP contribution in [0.3, 0.4) is 0 Å². The van der Waals surface area contributed by atoms with Crippen LogP contribution >= 0.6 is 11.6 Å². The van der Waals surface area contributed by atoms with Crippen LogP contribution in [0.25, 0.3) is 11.1 Å². The lowest BCUT2D eigenvalue weighted by Crippen LogP contribution is -1.89. The zero-order chi connectivity index (χ0) is 19.1. The second-order valence-corrected chi connectivity index (χ2v) is 6.94. The largest absolute Gasteiger partial charge is 0.205 e. The van der Waals surface area contributed by atoms with Gasteiger partial charge in [-0.05, 0) is 42.2 Å². The molecule has 0 radical (unpaired) electrons. The Morgan fingerprint density at radius 2 is 1.59 bits per heavy atom.